The Morgan fingerprint density at radius 2 is 0.857 bits per heavy atom. The zero-order chi connectivity index (χ0) is 23.7. The van der Waals surface area contributed by atoms with E-state index in [-0.39, 0.29) is 0 Å². The summed E-state index contributed by atoms with van der Waals surface area (Å²) in [6.07, 6.45) is 0. The molecule has 7 aromatic carbocycles. The van der Waals surface area contributed by atoms with E-state index in [1.54, 1.807) is 6.07 Å². The van der Waals surface area contributed by atoms with Crippen LogP contribution in [-0.4, -0.2) is 5.11 Å². The molecule has 0 aliphatic carbocycles. The lowest BCUT2D eigenvalue weighted by molar-refractivity contribution is 0.482. The Morgan fingerprint density at radius 3 is 1.57 bits per heavy atom. The summed E-state index contributed by atoms with van der Waals surface area (Å²) < 4.78 is 2.22. The zero-order valence-electron chi connectivity index (χ0n) is 18.5. The first-order valence-electron chi connectivity index (χ1n) is 11.5. The number of rotatable bonds is 1. The molecule has 0 spiro atoms. The number of hydrogen-bond donors (Lipinski definition) is 1. The van der Waals surface area contributed by atoms with Gasteiger partial charge in [0.05, 0.1) is 0 Å². The SMILES string of the molecule is Oc1cccc2c3cc(-c4ccc5c(Br)c6ccccc6c(Br)c5c4)ccc3c3ccccc3c12. The Labute approximate surface area is 218 Å². The van der Waals surface area contributed by atoms with Gasteiger partial charge in [-0.2, -0.15) is 0 Å². The van der Waals surface area contributed by atoms with Crippen molar-refractivity contribution in [1.29, 1.82) is 0 Å². The third-order valence-corrected chi connectivity index (χ3v) is 8.77. The molecule has 0 saturated carbocycles. The van der Waals surface area contributed by atoms with Gasteiger partial charge in [-0.25, -0.2) is 0 Å². The van der Waals surface area contributed by atoms with E-state index in [0.29, 0.717) is 5.75 Å². The van der Waals surface area contributed by atoms with Crippen LogP contribution in [0.2, 0.25) is 0 Å². The zero-order valence-corrected chi connectivity index (χ0v) is 21.7. The quantitative estimate of drug-likeness (QED) is 0.152. The second-order valence-corrected chi connectivity index (χ2v) is 10.5. The maximum Gasteiger partial charge on any atom is 0.124 e. The molecular weight excluding hydrogens is 560 g/mol. The highest BCUT2D eigenvalue weighted by Crippen LogP contribution is 2.43. The van der Waals surface area contributed by atoms with Gasteiger partial charge in [0.25, 0.3) is 0 Å². The molecule has 0 heterocycles. The van der Waals surface area contributed by atoms with Gasteiger partial charge in [-0.3, -0.25) is 0 Å². The summed E-state index contributed by atoms with van der Waals surface area (Å²) in [5, 5.41) is 22.1. The molecule has 0 saturated heterocycles. The summed E-state index contributed by atoms with van der Waals surface area (Å²) in [5.74, 6) is 0.317. The van der Waals surface area contributed by atoms with E-state index in [2.05, 4.69) is 117 Å². The fourth-order valence-electron chi connectivity index (χ4n) is 5.42. The van der Waals surface area contributed by atoms with E-state index in [1.807, 2.05) is 12.1 Å². The van der Waals surface area contributed by atoms with Gasteiger partial charge in [-0.1, -0.05) is 84.9 Å². The minimum Gasteiger partial charge on any atom is -0.507 e. The van der Waals surface area contributed by atoms with E-state index in [4.69, 9.17) is 0 Å². The number of benzene rings is 7. The van der Waals surface area contributed by atoms with Crippen molar-refractivity contribution in [3.05, 3.63) is 112 Å². The fourth-order valence-corrected chi connectivity index (χ4v) is 6.78. The molecule has 0 radical (unpaired) electrons. The molecule has 7 rings (SSSR count). The Balaban J connectivity index is 1.54. The molecule has 0 aliphatic heterocycles. The van der Waals surface area contributed by atoms with Crippen molar-refractivity contribution in [1.82, 2.24) is 0 Å². The van der Waals surface area contributed by atoms with E-state index in [0.717, 1.165) is 47.0 Å². The van der Waals surface area contributed by atoms with Crippen LogP contribution in [-0.2, 0) is 0 Å². The van der Waals surface area contributed by atoms with Crippen LogP contribution in [0.5, 0.6) is 5.75 Å². The Kier molecular flexibility index (Phi) is 4.67. The first-order valence-corrected chi connectivity index (χ1v) is 13.1. The molecule has 7 aromatic rings. The van der Waals surface area contributed by atoms with Crippen LogP contribution in [0.25, 0.3) is 65.0 Å². The molecule has 35 heavy (non-hydrogen) atoms. The van der Waals surface area contributed by atoms with Gasteiger partial charge in [-0.05, 0) is 110 Å². The molecule has 0 atom stereocenters. The van der Waals surface area contributed by atoms with E-state index in [9.17, 15) is 5.11 Å². The number of hydrogen-bond acceptors (Lipinski definition) is 1. The lowest BCUT2D eigenvalue weighted by atomic mass is 9.91. The number of halogens is 2. The molecule has 1 nitrogen and oxygen atoms in total. The van der Waals surface area contributed by atoms with Crippen molar-refractivity contribution in [3.63, 3.8) is 0 Å². The van der Waals surface area contributed by atoms with Gasteiger partial charge in [0.1, 0.15) is 5.75 Å². The molecule has 0 fully saturated rings. The highest BCUT2D eigenvalue weighted by Gasteiger charge is 2.14. The summed E-state index contributed by atoms with van der Waals surface area (Å²) in [6.45, 7) is 0. The third kappa shape index (κ3) is 3.05. The first kappa shape index (κ1) is 20.9. The topological polar surface area (TPSA) is 20.2 Å². The molecule has 3 heteroatoms. The molecule has 0 bridgehead atoms. The van der Waals surface area contributed by atoms with Crippen LogP contribution in [0.1, 0.15) is 0 Å². The maximum absolute atomic E-state index is 10.8. The van der Waals surface area contributed by atoms with Crippen molar-refractivity contribution in [3.8, 4) is 16.9 Å². The standard InChI is InChI=1S/C32H18Br2O/c33-31-24-8-3-4-9-25(24)32(34)28-17-19(13-15-26(28)31)18-12-14-21-20-6-1-2-7-22(20)30-23(27(21)16-18)10-5-11-29(30)35/h1-17,35H. The van der Waals surface area contributed by atoms with E-state index < -0.39 is 0 Å². The Hall–Kier alpha value is -3.40. The smallest absolute Gasteiger partial charge is 0.124 e. The molecular formula is C32H18Br2O. The highest BCUT2D eigenvalue weighted by molar-refractivity contribution is 9.11. The Morgan fingerprint density at radius 1 is 0.400 bits per heavy atom. The van der Waals surface area contributed by atoms with Crippen molar-refractivity contribution in [2.45, 2.75) is 0 Å². The van der Waals surface area contributed by atoms with Crippen molar-refractivity contribution >= 4 is 85.7 Å². The fraction of sp³-hybridized carbons (Fsp3) is 0. The third-order valence-electron chi connectivity index (χ3n) is 7.06. The minimum absolute atomic E-state index is 0.317. The monoisotopic (exact) mass is 576 g/mol. The summed E-state index contributed by atoms with van der Waals surface area (Å²) in [7, 11) is 0. The summed E-state index contributed by atoms with van der Waals surface area (Å²) in [6, 6.07) is 35.9. The highest BCUT2D eigenvalue weighted by atomic mass is 79.9. The average molecular weight is 578 g/mol. The molecule has 0 aliphatic rings. The summed E-state index contributed by atoms with van der Waals surface area (Å²) in [5.41, 5.74) is 2.30. The maximum atomic E-state index is 10.8. The van der Waals surface area contributed by atoms with Crippen molar-refractivity contribution < 1.29 is 5.11 Å². The largest absolute Gasteiger partial charge is 0.507 e. The minimum atomic E-state index is 0.317. The summed E-state index contributed by atoms with van der Waals surface area (Å²) in [4.78, 5) is 0. The van der Waals surface area contributed by atoms with E-state index in [1.165, 1.54) is 26.9 Å². The molecule has 1 N–H and O–H groups in total. The summed E-state index contributed by atoms with van der Waals surface area (Å²) >= 11 is 7.72. The molecule has 0 unspecified atom stereocenters. The predicted octanol–water partition coefficient (Wildman–Crippen LogP) is 10.4. The van der Waals surface area contributed by atoms with Gasteiger partial charge < -0.3 is 5.11 Å². The lowest BCUT2D eigenvalue weighted by Crippen LogP contribution is -1.87. The van der Waals surface area contributed by atoms with Crippen LogP contribution in [0.3, 0.4) is 0 Å². The number of fused-ring (bicyclic) bond motifs is 8. The normalized spacial score (nSPS) is 11.8. The number of aromatic hydroxyl groups is 1. The second kappa shape index (κ2) is 7.81. The van der Waals surface area contributed by atoms with Crippen LogP contribution >= 0.6 is 31.9 Å². The first-order chi connectivity index (χ1) is 17.1. The van der Waals surface area contributed by atoms with E-state index >= 15 is 0 Å². The molecule has 0 aromatic heterocycles. The average Bonchev–Trinajstić information content (AvgIpc) is 2.91. The van der Waals surface area contributed by atoms with Gasteiger partial charge >= 0.3 is 0 Å². The van der Waals surface area contributed by atoms with Gasteiger partial charge in [-0.15, -0.1) is 0 Å². The number of phenolic OH excluding ortho intramolecular Hbond substituents is 1. The van der Waals surface area contributed by atoms with Crippen LogP contribution in [0.4, 0.5) is 0 Å². The Bertz CT molecular complexity index is 1990. The molecule has 0 amide bonds. The lowest BCUT2D eigenvalue weighted by Gasteiger charge is -2.14. The van der Waals surface area contributed by atoms with Gasteiger partial charge in [0.2, 0.25) is 0 Å². The van der Waals surface area contributed by atoms with Crippen LogP contribution in [0.15, 0.2) is 112 Å². The molecule has 166 valence electrons. The van der Waals surface area contributed by atoms with Gasteiger partial charge in [0.15, 0.2) is 0 Å². The van der Waals surface area contributed by atoms with Crippen LogP contribution < -0.4 is 0 Å². The van der Waals surface area contributed by atoms with Crippen molar-refractivity contribution in [2.75, 3.05) is 0 Å². The van der Waals surface area contributed by atoms with Gasteiger partial charge in [0, 0.05) is 14.3 Å². The van der Waals surface area contributed by atoms with Crippen LogP contribution in [0, 0.1) is 0 Å². The predicted molar refractivity (Wildman–Crippen MR) is 156 cm³/mol. The van der Waals surface area contributed by atoms with Crippen molar-refractivity contribution in [2.24, 2.45) is 0 Å². The second-order valence-electron chi connectivity index (χ2n) is 8.94. The number of phenols is 1.